The predicted octanol–water partition coefficient (Wildman–Crippen LogP) is 2.57. The zero-order chi connectivity index (χ0) is 27.2. The van der Waals surface area contributed by atoms with Crippen molar-refractivity contribution >= 4 is 17.5 Å². The molecule has 1 heterocycles. The number of benzene rings is 1. The summed E-state index contributed by atoms with van der Waals surface area (Å²) in [4.78, 5) is 37.8. The molecule has 3 N–H and O–H groups in total. The van der Waals surface area contributed by atoms with Gasteiger partial charge in [0.05, 0.1) is 45.7 Å². The molecule has 38 heavy (non-hydrogen) atoms. The van der Waals surface area contributed by atoms with Crippen molar-refractivity contribution in [2.24, 2.45) is 0 Å². The van der Waals surface area contributed by atoms with Gasteiger partial charge in [-0.3, -0.25) is 14.4 Å². The molecule has 204 valence electrons. The summed E-state index contributed by atoms with van der Waals surface area (Å²) in [6.07, 6.45) is 3.14. The molecule has 0 aromatic heterocycles. The summed E-state index contributed by atoms with van der Waals surface area (Å²) >= 11 is 0. The molecule has 0 saturated carbocycles. The van der Waals surface area contributed by atoms with E-state index in [1.54, 1.807) is 20.3 Å². The van der Waals surface area contributed by atoms with Gasteiger partial charge in [0.2, 0.25) is 23.0 Å². The van der Waals surface area contributed by atoms with Crippen molar-refractivity contribution in [3.63, 3.8) is 0 Å². The number of anilines is 1. The van der Waals surface area contributed by atoms with Gasteiger partial charge in [-0.25, -0.2) is 0 Å². The maximum atomic E-state index is 13.3. The van der Waals surface area contributed by atoms with Crippen LogP contribution in [-0.4, -0.2) is 58.9 Å². The maximum absolute atomic E-state index is 13.3. The number of methoxy groups -OCH3 is 3. The number of aryl methyl sites for hydroxylation is 1. The number of nitrogens with one attached hydrogen (secondary N) is 3. The van der Waals surface area contributed by atoms with Crippen LogP contribution in [-0.2, 0) is 20.7 Å². The minimum absolute atomic E-state index is 0.0376. The van der Waals surface area contributed by atoms with Gasteiger partial charge < -0.3 is 34.9 Å². The molecule has 2 aromatic carbocycles. The highest BCUT2D eigenvalue weighted by molar-refractivity contribution is 5.84. The summed E-state index contributed by atoms with van der Waals surface area (Å²) in [5.74, 6) is 1.02. The van der Waals surface area contributed by atoms with Gasteiger partial charge in [0, 0.05) is 25.6 Å². The minimum Gasteiger partial charge on any atom is -0.493 e. The van der Waals surface area contributed by atoms with Gasteiger partial charge in [-0.1, -0.05) is 6.07 Å². The van der Waals surface area contributed by atoms with Gasteiger partial charge >= 0.3 is 0 Å². The average Bonchev–Trinajstić information content (AvgIpc) is 3.32. The van der Waals surface area contributed by atoms with Crippen LogP contribution >= 0.6 is 0 Å². The van der Waals surface area contributed by atoms with E-state index in [2.05, 4.69) is 16.0 Å². The number of fused-ring (bicyclic) bond motifs is 3. The van der Waals surface area contributed by atoms with Gasteiger partial charge in [0.1, 0.15) is 0 Å². The average molecular weight is 526 g/mol. The molecular formula is C28H35N3O7. The SMILES string of the molecule is COc1cc2c(c(OC)c1OC)-c1ccc(NCC(=O)NC[C@H]3CCCO3)c(=O)cc1[C@@H](NC(C)=O)CC2. The van der Waals surface area contributed by atoms with Gasteiger partial charge in [0.25, 0.3) is 0 Å². The lowest BCUT2D eigenvalue weighted by Crippen LogP contribution is -2.36. The Morgan fingerprint density at radius 1 is 1.05 bits per heavy atom. The number of carbonyl (C=O) groups is 2. The molecule has 1 fully saturated rings. The van der Waals surface area contributed by atoms with Crippen LogP contribution in [0.2, 0.25) is 0 Å². The summed E-state index contributed by atoms with van der Waals surface area (Å²) in [5, 5.41) is 8.80. The second-order valence-electron chi connectivity index (χ2n) is 9.39. The highest BCUT2D eigenvalue weighted by Crippen LogP contribution is 2.50. The largest absolute Gasteiger partial charge is 0.493 e. The van der Waals surface area contributed by atoms with E-state index in [1.807, 2.05) is 12.1 Å². The molecule has 10 heteroatoms. The number of hydrogen-bond acceptors (Lipinski definition) is 8. The molecular weight excluding hydrogens is 490 g/mol. The minimum atomic E-state index is -0.403. The Kier molecular flexibility index (Phi) is 8.73. The Bertz CT molecular complexity index is 1260. The van der Waals surface area contributed by atoms with Crippen LogP contribution in [0.3, 0.4) is 0 Å². The van der Waals surface area contributed by atoms with Crippen LogP contribution in [0.15, 0.2) is 29.1 Å². The van der Waals surface area contributed by atoms with Crippen molar-refractivity contribution in [3.8, 4) is 28.4 Å². The second kappa shape index (κ2) is 12.2. The molecule has 0 bridgehead atoms. The van der Waals surface area contributed by atoms with Crippen LogP contribution in [0, 0.1) is 0 Å². The van der Waals surface area contributed by atoms with E-state index in [0.29, 0.717) is 42.2 Å². The fourth-order valence-electron chi connectivity index (χ4n) is 5.12. The van der Waals surface area contributed by atoms with E-state index in [1.165, 1.54) is 20.1 Å². The first-order chi connectivity index (χ1) is 18.4. The quantitative estimate of drug-likeness (QED) is 0.456. The smallest absolute Gasteiger partial charge is 0.239 e. The molecule has 0 unspecified atom stereocenters. The second-order valence-corrected chi connectivity index (χ2v) is 9.39. The van der Waals surface area contributed by atoms with Gasteiger partial charge in [0.15, 0.2) is 11.5 Å². The van der Waals surface area contributed by atoms with E-state index in [4.69, 9.17) is 18.9 Å². The van der Waals surface area contributed by atoms with Crippen LogP contribution in [0.4, 0.5) is 5.69 Å². The fraction of sp³-hybridized carbons (Fsp3) is 0.464. The predicted molar refractivity (Wildman–Crippen MR) is 143 cm³/mol. The molecule has 2 amide bonds. The molecule has 10 nitrogen and oxygen atoms in total. The molecule has 4 rings (SSSR count). The third-order valence-corrected chi connectivity index (χ3v) is 6.91. The Balaban J connectivity index is 1.73. The molecule has 1 saturated heterocycles. The number of carbonyl (C=O) groups excluding carboxylic acids is 2. The molecule has 1 aliphatic heterocycles. The Morgan fingerprint density at radius 2 is 1.84 bits per heavy atom. The molecule has 1 aliphatic carbocycles. The van der Waals surface area contributed by atoms with Crippen molar-refractivity contribution in [3.05, 3.63) is 45.6 Å². The zero-order valence-electron chi connectivity index (χ0n) is 22.3. The van der Waals surface area contributed by atoms with E-state index in [-0.39, 0.29) is 35.6 Å². The zero-order valence-corrected chi connectivity index (χ0v) is 22.3. The van der Waals surface area contributed by atoms with Crippen molar-refractivity contribution in [2.75, 3.05) is 46.3 Å². The van der Waals surface area contributed by atoms with Crippen LogP contribution in [0.5, 0.6) is 17.2 Å². The first-order valence-electron chi connectivity index (χ1n) is 12.8. The van der Waals surface area contributed by atoms with E-state index < -0.39 is 6.04 Å². The van der Waals surface area contributed by atoms with Gasteiger partial charge in [-0.2, -0.15) is 0 Å². The van der Waals surface area contributed by atoms with Crippen molar-refractivity contribution in [1.82, 2.24) is 10.6 Å². The first kappa shape index (κ1) is 27.3. The fourth-order valence-corrected chi connectivity index (χ4v) is 5.12. The Morgan fingerprint density at radius 3 is 2.50 bits per heavy atom. The number of hydrogen-bond donors (Lipinski definition) is 3. The van der Waals surface area contributed by atoms with Crippen molar-refractivity contribution < 1.29 is 28.5 Å². The summed E-state index contributed by atoms with van der Waals surface area (Å²) in [6, 6.07) is 6.49. The number of ether oxygens (including phenoxy) is 4. The molecule has 2 atom stereocenters. The van der Waals surface area contributed by atoms with E-state index in [0.717, 1.165) is 36.1 Å². The first-order valence-corrected chi connectivity index (χ1v) is 12.8. The van der Waals surface area contributed by atoms with E-state index in [9.17, 15) is 14.4 Å². The highest BCUT2D eigenvalue weighted by Gasteiger charge is 2.29. The van der Waals surface area contributed by atoms with Crippen molar-refractivity contribution in [1.29, 1.82) is 0 Å². The van der Waals surface area contributed by atoms with Gasteiger partial charge in [-0.15, -0.1) is 0 Å². The van der Waals surface area contributed by atoms with Crippen LogP contribution in [0.25, 0.3) is 11.1 Å². The summed E-state index contributed by atoms with van der Waals surface area (Å²) < 4.78 is 22.5. The third-order valence-electron chi connectivity index (χ3n) is 6.91. The third kappa shape index (κ3) is 5.85. The summed E-state index contributed by atoms with van der Waals surface area (Å²) in [5.41, 5.74) is 3.07. The monoisotopic (exact) mass is 525 g/mol. The van der Waals surface area contributed by atoms with E-state index >= 15 is 0 Å². The summed E-state index contributed by atoms with van der Waals surface area (Å²) in [6.45, 7) is 2.56. The van der Waals surface area contributed by atoms with Crippen LogP contribution in [0.1, 0.15) is 43.4 Å². The Labute approximate surface area is 222 Å². The maximum Gasteiger partial charge on any atom is 0.239 e. The van der Waals surface area contributed by atoms with Crippen molar-refractivity contribution in [2.45, 2.75) is 44.8 Å². The lowest BCUT2D eigenvalue weighted by Gasteiger charge is -2.19. The number of amides is 2. The molecule has 2 aliphatic rings. The number of rotatable bonds is 9. The molecule has 0 radical (unpaired) electrons. The lowest BCUT2D eigenvalue weighted by molar-refractivity contribution is -0.120. The Hall–Kier alpha value is -3.79. The standard InChI is InChI=1S/C28H35N3O7/c1-16(32)31-21-9-7-17-12-24(35-2)27(36-3)28(37-4)26(17)19-8-10-22(23(33)13-20(19)21)29-15-25(34)30-14-18-6-5-11-38-18/h8,10,12-13,18,21H,5-7,9,11,14-15H2,1-4H3,(H,29,33)(H,30,34)(H,31,32)/t18-,21+/m1/s1. The molecule has 0 spiro atoms. The lowest BCUT2D eigenvalue weighted by atomic mass is 9.95. The summed E-state index contributed by atoms with van der Waals surface area (Å²) in [7, 11) is 4.65. The normalized spacial score (nSPS) is 17.9. The highest BCUT2D eigenvalue weighted by atomic mass is 16.5. The van der Waals surface area contributed by atoms with Crippen LogP contribution < -0.4 is 35.6 Å². The van der Waals surface area contributed by atoms with Gasteiger partial charge in [-0.05, 0) is 60.6 Å². The molecule has 2 aromatic rings. The topological polar surface area (TPSA) is 124 Å².